The van der Waals surface area contributed by atoms with Gasteiger partial charge in [-0.2, -0.15) is 0 Å². The lowest BCUT2D eigenvalue weighted by molar-refractivity contribution is 0.517. The smallest absolute Gasteiger partial charge is 0.0964 e. The molecule has 2 aliphatic rings. The molecule has 0 radical (unpaired) electrons. The van der Waals surface area contributed by atoms with Crippen molar-refractivity contribution in [2.24, 2.45) is 5.92 Å². The van der Waals surface area contributed by atoms with E-state index in [1.54, 1.807) is 6.08 Å². The molecule has 1 unspecified atom stereocenters. The van der Waals surface area contributed by atoms with Crippen molar-refractivity contribution in [3.05, 3.63) is 127 Å². The molecule has 0 aliphatic heterocycles. The Morgan fingerprint density at radius 3 is 2.87 bits per heavy atom. The summed E-state index contributed by atoms with van der Waals surface area (Å²) in [5, 5.41) is 0. The van der Waals surface area contributed by atoms with Crippen LogP contribution < -0.4 is 0 Å². The lowest BCUT2D eigenvalue weighted by atomic mass is 9.83. The monoisotopic (exact) mass is 392 g/mol. The number of aromatic nitrogens is 2. The highest BCUT2D eigenvalue weighted by molar-refractivity contribution is 5.75. The number of fused-ring (bicyclic) bond motifs is 1. The summed E-state index contributed by atoms with van der Waals surface area (Å²) in [5.41, 5.74) is 6.00. The van der Waals surface area contributed by atoms with E-state index in [1.165, 1.54) is 22.2 Å². The van der Waals surface area contributed by atoms with E-state index >= 15 is 0 Å². The van der Waals surface area contributed by atoms with Crippen LogP contribution in [0.5, 0.6) is 0 Å². The summed E-state index contributed by atoms with van der Waals surface area (Å²) in [7, 11) is 0. The lowest BCUT2D eigenvalue weighted by Gasteiger charge is -2.29. The summed E-state index contributed by atoms with van der Waals surface area (Å²) in [4.78, 5) is 4.63. The SMILES string of the molecule is C=C\C=C/C(/C=C/C1=C[C@@H](C2=CCCC=C2)C(n2cnc3ccccc32)C=C1)=C\C. The molecular formula is C28H28N2. The van der Waals surface area contributed by atoms with Crippen molar-refractivity contribution in [3.63, 3.8) is 0 Å². The van der Waals surface area contributed by atoms with Gasteiger partial charge in [-0.25, -0.2) is 4.98 Å². The van der Waals surface area contributed by atoms with Crippen LogP contribution in [-0.4, -0.2) is 9.55 Å². The molecule has 1 heterocycles. The van der Waals surface area contributed by atoms with E-state index in [4.69, 9.17) is 0 Å². The number of hydrogen-bond donors (Lipinski definition) is 0. The number of rotatable bonds is 6. The van der Waals surface area contributed by atoms with Crippen LogP contribution in [0.15, 0.2) is 127 Å². The van der Waals surface area contributed by atoms with E-state index < -0.39 is 0 Å². The fourth-order valence-corrected chi connectivity index (χ4v) is 4.08. The zero-order valence-corrected chi connectivity index (χ0v) is 17.5. The molecule has 0 saturated heterocycles. The minimum absolute atomic E-state index is 0.213. The summed E-state index contributed by atoms with van der Waals surface area (Å²) in [5.74, 6) is 0.279. The molecule has 1 aromatic carbocycles. The van der Waals surface area contributed by atoms with Crippen LogP contribution in [0.25, 0.3) is 11.0 Å². The molecule has 4 rings (SSSR count). The van der Waals surface area contributed by atoms with E-state index in [0.717, 1.165) is 18.4 Å². The molecule has 2 heteroatoms. The minimum Gasteiger partial charge on any atom is -0.323 e. The van der Waals surface area contributed by atoms with Gasteiger partial charge >= 0.3 is 0 Å². The maximum Gasteiger partial charge on any atom is 0.0964 e. The summed E-state index contributed by atoms with van der Waals surface area (Å²) in [6, 6.07) is 8.57. The number of nitrogens with zero attached hydrogens (tertiary/aromatic N) is 2. The van der Waals surface area contributed by atoms with Crippen LogP contribution in [-0.2, 0) is 0 Å². The molecule has 2 atom stereocenters. The van der Waals surface area contributed by atoms with Crippen molar-refractivity contribution < 1.29 is 0 Å². The summed E-state index contributed by atoms with van der Waals surface area (Å²) < 4.78 is 2.31. The Morgan fingerprint density at radius 1 is 1.17 bits per heavy atom. The maximum absolute atomic E-state index is 4.63. The Balaban J connectivity index is 1.69. The number of benzene rings is 1. The third kappa shape index (κ3) is 4.28. The van der Waals surface area contributed by atoms with Gasteiger partial charge < -0.3 is 4.57 Å². The molecular weight excluding hydrogens is 364 g/mol. The molecule has 0 amide bonds. The Labute approximate surface area is 179 Å². The number of imidazole rings is 1. The van der Waals surface area contributed by atoms with Crippen molar-refractivity contribution in [1.29, 1.82) is 0 Å². The molecule has 30 heavy (non-hydrogen) atoms. The number of hydrogen-bond acceptors (Lipinski definition) is 1. The van der Waals surface area contributed by atoms with Gasteiger partial charge in [0, 0.05) is 5.92 Å². The molecule has 1 aromatic heterocycles. The molecule has 150 valence electrons. The van der Waals surface area contributed by atoms with Crippen LogP contribution in [0.1, 0.15) is 25.8 Å². The van der Waals surface area contributed by atoms with Gasteiger partial charge in [-0.1, -0.05) is 91.6 Å². The molecule has 2 aromatic rings. The standard InChI is InChI=1S/C28H28N2/c1-3-5-11-22(4-2)16-17-23-18-19-27(25(20-23)24-12-7-6-8-13-24)30-21-29-26-14-9-10-15-28(26)30/h3-5,7,9-21,25,27H,1,6,8H2,2H3/b11-5-,17-16+,22-4+/t25-,27?/m0/s1. The van der Waals surface area contributed by atoms with Crippen LogP contribution in [0, 0.1) is 5.92 Å². The Kier molecular flexibility index (Phi) is 6.24. The van der Waals surface area contributed by atoms with Gasteiger partial charge in [0.1, 0.15) is 0 Å². The van der Waals surface area contributed by atoms with Crippen molar-refractivity contribution in [3.8, 4) is 0 Å². The van der Waals surface area contributed by atoms with Gasteiger partial charge in [0.25, 0.3) is 0 Å². The van der Waals surface area contributed by atoms with Crippen molar-refractivity contribution in [2.45, 2.75) is 25.8 Å². The zero-order valence-electron chi connectivity index (χ0n) is 17.5. The first-order chi connectivity index (χ1) is 14.8. The Bertz CT molecular complexity index is 1130. The van der Waals surface area contributed by atoms with Gasteiger partial charge in [0.05, 0.1) is 23.4 Å². The molecule has 0 saturated carbocycles. The summed E-state index contributed by atoms with van der Waals surface area (Å²) >= 11 is 0. The highest BCUT2D eigenvalue weighted by atomic mass is 15.1. The van der Waals surface area contributed by atoms with E-state index in [9.17, 15) is 0 Å². The predicted octanol–water partition coefficient (Wildman–Crippen LogP) is 7.21. The van der Waals surface area contributed by atoms with Crippen LogP contribution in [0.2, 0.25) is 0 Å². The highest BCUT2D eigenvalue weighted by Crippen LogP contribution is 2.37. The van der Waals surface area contributed by atoms with Crippen LogP contribution >= 0.6 is 0 Å². The highest BCUT2D eigenvalue weighted by Gasteiger charge is 2.26. The first-order valence-corrected chi connectivity index (χ1v) is 10.6. The van der Waals surface area contributed by atoms with Gasteiger partial charge in [0.15, 0.2) is 0 Å². The predicted molar refractivity (Wildman–Crippen MR) is 128 cm³/mol. The quantitative estimate of drug-likeness (QED) is 0.475. The first kappa shape index (κ1) is 19.9. The van der Waals surface area contributed by atoms with Crippen LogP contribution in [0.3, 0.4) is 0 Å². The topological polar surface area (TPSA) is 17.8 Å². The molecule has 2 nitrogen and oxygen atoms in total. The van der Waals surface area contributed by atoms with E-state index in [0.29, 0.717) is 0 Å². The third-order valence-corrected chi connectivity index (χ3v) is 5.66. The molecule has 0 spiro atoms. The second kappa shape index (κ2) is 9.41. The molecule has 2 aliphatic carbocycles. The van der Waals surface area contributed by atoms with Crippen molar-refractivity contribution >= 4 is 11.0 Å². The van der Waals surface area contributed by atoms with Crippen molar-refractivity contribution in [1.82, 2.24) is 9.55 Å². The number of para-hydroxylation sites is 2. The fraction of sp³-hybridized carbons (Fsp3) is 0.179. The van der Waals surface area contributed by atoms with Gasteiger partial charge in [-0.15, -0.1) is 0 Å². The zero-order chi connectivity index (χ0) is 20.8. The average Bonchev–Trinajstić information content (AvgIpc) is 3.24. The molecule has 0 fully saturated rings. The average molecular weight is 393 g/mol. The summed E-state index contributed by atoms with van der Waals surface area (Å²) in [6.07, 6.45) is 30.4. The fourth-order valence-electron chi connectivity index (χ4n) is 4.08. The minimum atomic E-state index is 0.213. The third-order valence-electron chi connectivity index (χ3n) is 5.66. The lowest BCUT2D eigenvalue weighted by Crippen LogP contribution is -2.20. The van der Waals surface area contributed by atoms with Gasteiger partial charge in [-0.3, -0.25) is 0 Å². The summed E-state index contributed by atoms with van der Waals surface area (Å²) in [6.45, 7) is 5.81. The maximum atomic E-state index is 4.63. The van der Waals surface area contributed by atoms with Gasteiger partial charge in [0.2, 0.25) is 0 Å². The van der Waals surface area contributed by atoms with E-state index in [-0.39, 0.29) is 12.0 Å². The second-order valence-corrected chi connectivity index (χ2v) is 7.58. The van der Waals surface area contributed by atoms with Crippen LogP contribution in [0.4, 0.5) is 0 Å². The van der Waals surface area contributed by atoms with E-state index in [2.05, 4.69) is 102 Å². The van der Waals surface area contributed by atoms with E-state index in [1.807, 2.05) is 18.5 Å². The Morgan fingerprint density at radius 2 is 2.07 bits per heavy atom. The normalized spacial score (nSPS) is 22.1. The molecule has 0 N–H and O–H groups in total. The first-order valence-electron chi connectivity index (χ1n) is 10.6. The Hall–Kier alpha value is -3.39. The largest absolute Gasteiger partial charge is 0.323 e. The van der Waals surface area contributed by atoms with Crippen molar-refractivity contribution in [2.75, 3.05) is 0 Å². The second-order valence-electron chi connectivity index (χ2n) is 7.58. The number of allylic oxidation sites excluding steroid dienone is 15. The molecule has 0 bridgehead atoms. The van der Waals surface area contributed by atoms with Gasteiger partial charge in [-0.05, 0) is 48.6 Å².